The minimum atomic E-state index is -0.216. The van der Waals surface area contributed by atoms with Gasteiger partial charge in [-0.15, -0.1) is 0 Å². The summed E-state index contributed by atoms with van der Waals surface area (Å²) in [5.74, 6) is 1.29. The lowest BCUT2D eigenvalue weighted by atomic mass is 10.1. The molecule has 0 bridgehead atoms. The molecule has 1 saturated heterocycles. The second-order valence-corrected chi connectivity index (χ2v) is 6.53. The zero-order chi connectivity index (χ0) is 18.4. The number of aryl methyl sites for hydroxylation is 1. The van der Waals surface area contributed by atoms with Crippen molar-refractivity contribution < 1.29 is 18.6 Å². The Labute approximate surface area is 154 Å². The summed E-state index contributed by atoms with van der Waals surface area (Å²) < 4.78 is 30.4. The van der Waals surface area contributed by atoms with E-state index in [0.717, 1.165) is 50.6 Å². The van der Waals surface area contributed by atoms with Gasteiger partial charge in [-0.3, -0.25) is 4.90 Å². The number of nitrogens with zero attached hydrogens (tertiary/aromatic N) is 1. The van der Waals surface area contributed by atoms with Crippen molar-refractivity contribution in [2.45, 2.75) is 19.4 Å². The fraction of sp³-hybridized carbons (Fsp3) is 0.429. The summed E-state index contributed by atoms with van der Waals surface area (Å²) in [4.78, 5) is 2.39. The fourth-order valence-corrected chi connectivity index (χ4v) is 3.09. The van der Waals surface area contributed by atoms with Crippen LogP contribution in [0, 0.1) is 12.7 Å². The van der Waals surface area contributed by atoms with Crippen LogP contribution in [0.4, 0.5) is 4.39 Å². The van der Waals surface area contributed by atoms with Gasteiger partial charge >= 0.3 is 0 Å². The van der Waals surface area contributed by atoms with E-state index in [4.69, 9.17) is 14.2 Å². The van der Waals surface area contributed by atoms with E-state index in [2.05, 4.69) is 4.90 Å². The highest BCUT2D eigenvalue weighted by Crippen LogP contribution is 2.28. The number of halogens is 1. The van der Waals surface area contributed by atoms with Crippen molar-refractivity contribution in [3.63, 3.8) is 0 Å². The van der Waals surface area contributed by atoms with Crippen molar-refractivity contribution in [2.75, 3.05) is 40.0 Å². The third kappa shape index (κ3) is 4.96. The smallest absolute Gasteiger partial charge is 0.126 e. The van der Waals surface area contributed by atoms with Crippen LogP contribution >= 0.6 is 0 Å². The van der Waals surface area contributed by atoms with Crippen molar-refractivity contribution in [3.8, 4) is 11.5 Å². The molecule has 1 aliphatic heterocycles. The van der Waals surface area contributed by atoms with Crippen molar-refractivity contribution in [1.29, 1.82) is 0 Å². The minimum Gasteiger partial charge on any atom is -0.497 e. The van der Waals surface area contributed by atoms with Crippen LogP contribution in [-0.4, -0.2) is 44.9 Å². The molecule has 0 radical (unpaired) electrons. The van der Waals surface area contributed by atoms with Gasteiger partial charge in [-0.2, -0.15) is 0 Å². The number of methoxy groups -OCH3 is 1. The van der Waals surface area contributed by atoms with Gasteiger partial charge in [0.2, 0.25) is 0 Å². The van der Waals surface area contributed by atoms with Crippen LogP contribution in [0.2, 0.25) is 0 Å². The zero-order valence-electron chi connectivity index (χ0n) is 15.4. The largest absolute Gasteiger partial charge is 0.497 e. The normalized spacial score (nSPS) is 16.3. The van der Waals surface area contributed by atoms with E-state index >= 15 is 0 Å². The number of rotatable bonds is 7. The Balaban J connectivity index is 1.73. The zero-order valence-corrected chi connectivity index (χ0v) is 15.4. The van der Waals surface area contributed by atoms with E-state index in [-0.39, 0.29) is 11.9 Å². The van der Waals surface area contributed by atoms with Gasteiger partial charge in [0.05, 0.1) is 20.3 Å². The highest BCUT2D eigenvalue weighted by molar-refractivity contribution is 5.32. The molecule has 5 heteroatoms. The van der Waals surface area contributed by atoms with E-state index in [0.29, 0.717) is 11.3 Å². The third-order valence-electron chi connectivity index (χ3n) is 4.71. The Morgan fingerprint density at radius 1 is 1.08 bits per heavy atom. The third-order valence-corrected chi connectivity index (χ3v) is 4.71. The summed E-state index contributed by atoms with van der Waals surface area (Å²) in [5, 5.41) is 0. The Bertz CT molecular complexity index is 699. The molecule has 140 valence electrons. The van der Waals surface area contributed by atoms with Crippen LogP contribution in [-0.2, 0) is 4.74 Å². The molecule has 0 aromatic heterocycles. The van der Waals surface area contributed by atoms with E-state index in [1.807, 2.05) is 24.3 Å². The van der Waals surface area contributed by atoms with Crippen molar-refractivity contribution in [3.05, 3.63) is 59.4 Å². The van der Waals surface area contributed by atoms with Crippen molar-refractivity contribution in [1.82, 2.24) is 4.90 Å². The lowest BCUT2D eigenvalue weighted by molar-refractivity contribution is 0.0317. The number of morpholine rings is 1. The molecule has 26 heavy (non-hydrogen) atoms. The van der Waals surface area contributed by atoms with Gasteiger partial charge in [0, 0.05) is 26.1 Å². The molecule has 0 spiro atoms. The molecule has 1 fully saturated rings. The van der Waals surface area contributed by atoms with Crippen LogP contribution in [0.3, 0.4) is 0 Å². The van der Waals surface area contributed by atoms with Gasteiger partial charge < -0.3 is 14.2 Å². The minimum absolute atomic E-state index is 0.103. The van der Waals surface area contributed by atoms with Gasteiger partial charge in [0.15, 0.2) is 0 Å². The van der Waals surface area contributed by atoms with Crippen LogP contribution in [0.5, 0.6) is 11.5 Å². The molecule has 1 unspecified atom stereocenters. The predicted octanol–water partition coefficient (Wildman–Crippen LogP) is 3.99. The Hall–Kier alpha value is -2.11. The Kier molecular flexibility index (Phi) is 6.47. The molecule has 2 aromatic carbocycles. The maximum absolute atomic E-state index is 13.5. The maximum atomic E-state index is 13.5. The van der Waals surface area contributed by atoms with Crippen LogP contribution in [0.15, 0.2) is 42.5 Å². The SMILES string of the molecule is COc1ccc(C(CCN2CCOCC2)Oc2ccc(F)c(C)c2)cc1. The molecular formula is C21H26FNO3. The lowest BCUT2D eigenvalue weighted by Gasteiger charge is -2.29. The molecule has 0 N–H and O–H groups in total. The molecule has 4 nitrogen and oxygen atoms in total. The molecule has 0 amide bonds. The number of benzene rings is 2. The molecule has 3 rings (SSSR count). The number of ether oxygens (including phenoxy) is 3. The molecule has 1 aliphatic rings. The van der Waals surface area contributed by atoms with Crippen LogP contribution < -0.4 is 9.47 Å². The molecule has 1 atom stereocenters. The highest BCUT2D eigenvalue weighted by Gasteiger charge is 2.18. The standard InChI is InChI=1S/C21H26FNO3/c1-16-15-19(7-8-20(16)22)26-21(9-10-23-11-13-25-14-12-23)17-3-5-18(24-2)6-4-17/h3-8,15,21H,9-14H2,1-2H3. The Morgan fingerprint density at radius 3 is 2.42 bits per heavy atom. The summed E-state index contributed by atoms with van der Waals surface area (Å²) in [7, 11) is 1.66. The number of hydrogen-bond acceptors (Lipinski definition) is 4. The van der Waals surface area contributed by atoms with Crippen molar-refractivity contribution in [2.24, 2.45) is 0 Å². The van der Waals surface area contributed by atoms with Gasteiger partial charge in [-0.25, -0.2) is 4.39 Å². The predicted molar refractivity (Wildman–Crippen MR) is 99.4 cm³/mol. The van der Waals surface area contributed by atoms with E-state index in [9.17, 15) is 4.39 Å². The van der Waals surface area contributed by atoms with E-state index < -0.39 is 0 Å². The second kappa shape index (κ2) is 9.01. The summed E-state index contributed by atoms with van der Waals surface area (Å²) in [6.45, 7) is 6.14. The number of hydrogen-bond donors (Lipinski definition) is 0. The average Bonchev–Trinajstić information content (AvgIpc) is 2.69. The van der Waals surface area contributed by atoms with Gasteiger partial charge in [-0.1, -0.05) is 12.1 Å². The summed E-state index contributed by atoms with van der Waals surface area (Å²) in [6, 6.07) is 12.8. The highest BCUT2D eigenvalue weighted by atomic mass is 19.1. The molecule has 0 aliphatic carbocycles. The first-order valence-electron chi connectivity index (χ1n) is 9.02. The topological polar surface area (TPSA) is 30.9 Å². The fourth-order valence-electron chi connectivity index (χ4n) is 3.09. The van der Waals surface area contributed by atoms with Gasteiger partial charge in [-0.05, 0) is 48.4 Å². The first-order valence-corrected chi connectivity index (χ1v) is 9.02. The molecule has 2 aromatic rings. The second-order valence-electron chi connectivity index (χ2n) is 6.53. The summed E-state index contributed by atoms with van der Waals surface area (Å²) in [5.41, 5.74) is 1.67. The summed E-state index contributed by atoms with van der Waals surface area (Å²) in [6.07, 6.45) is 0.747. The quantitative estimate of drug-likeness (QED) is 0.748. The maximum Gasteiger partial charge on any atom is 0.126 e. The van der Waals surface area contributed by atoms with Crippen molar-refractivity contribution >= 4 is 0 Å². The van der Waals surface area contributed by atoms with Gasteiger partial charge in [0.1, 0.15) is 23.4 Å². The molecule has 1 heterocycles. The Morgan fingerprint density at radius 2 is 1.77 bits per heavy atom. The molecular weight excluding hydrogens is 333 g/mol. The molecule has 0 saturated carbocycles. The monoisotopic (exact) mass is 359 g/mol. The van der Waals surface area contributed by atoms with Gasteiger partial charge in [0.25, 0.3) is 0 Å². The van der Waals surface area contributed by atoms with E-state index in [1.165, 1.54) is 6.07 Å². The average molecular weight is 359 g/mol. The first-order chi connectivity index (χ1) is 12.7. The van der Waals surface area contributed by atoms with E-state index in [1.54, 1.807) is 26.2 Å². The lowest BCUT2D eigenvalue weighted by Crippen LogP contribution is -2.37. The van der Waals surface area contributed by atoms with Crippen LogP contribution in [0.25, 0.3) is 0 Å². The summed E-state index contributed by atoms with van der Waals surface area (Å²) >= 11 is 0. The van der Waals surface area contributed by atoms with Crippen LogP contribution in [0.1, 0.15) is 23.7 Å². The first kappa shape index (κ1) is 18.7.